The number of halogens is 3. The molecule has 0 unspecified atom stereocenters. The molecule has 0 saturated heterocycles. The van der Waals surface area contributed by atoms with E-state index in [9.17, 15) is 13.2 Å². The van der Waals surface area contributed by atoms with Crippen LogP contribution in [-0.2, 0) is 6.18 Å². The second kappa shape index (κ2) is 7.21. The third-order valence-corrected chi connectivity index (χ3v) is 3.93. The van der Waals surface area contributed by atoms with Gasteiger partial charge < -0.3 is 10.6 Å². The van der Waals surface area contributed by atoms with Crippen LogP contribution in [0.25, 0.3) is 0 Å². The first kappa shape index (κ1) is 18.3. The van der Waals surface area contributed by atoms with E-state index in [2.05, 4.69) is 16.7 Å². The lowest BCUT2D eigenvalue weighted by molar-refractivity contribution is -0.137. The van der Waals surface area contributed by atoms with Crippen LogP contribution in [0.2, 0.25) is 0 Å². The van der Waals surface area contributed by atoms with Gasteiger partial charge in [-0.25, -0.2) is 0 Å². The monoisotopic (exact) mass is 352 g/mol. The predicted molar refractivity (Wildman–Crippen MR) is 95.1 cm³/mol. The van der Waals surface area contributed by atoms with Gasteiger partial charge in [0.2, 0.25) is 0 Å². The number of hydrogen-bond donors (Lipinski definition) is 2. The molecule has 2 aromatic rings. The fourth-order valence-corrected chi connectivity index (χ4v) is 2.79. The van der Waals surface area contributed by atoms with Crippen LogP contribution in [0.4, 0.5) is 18.9 Å². The van der Waals surface area contributed by atoms with Crippen LogP contribution in [0.5, 0.6) is 0 Å². The molecule has 6 heteroatoms. The standard InChI is InChI=1S/C18H19F3N2S/c1-11-4-9-16(12(2)10-11)13(3)22-17(24)23-15-7-5-14(6-8-15)18(19,20)21/h4-10,13H,1-3H3,(H2,22,23,24)/t13-/m1/s1. The molecule has 0 radical (unpaired) electrons. The first-order chi connectivity index (χ1) is 11.2. The molecule has 0 amide bonds. The molecule has 0 aliphatic heterocycles. The van der Waals surface area contributed by atoms with E-state index in [1.807, 2.05) is 32.9 Å². The maximum atomic E-state index is 12.5. The van der Waals surface area contributed by atoms with Gasteiger partial charge >= 0.3 is 6.18 Å². The van der Waals surface area contributed by atoms with Crippen molar-refractivity contribution in [3.63, 3.8) is 0 Å². The first-order valence-corrected chi connectivity index (χ1v) is 7.89. The average Bonchev–Trinajstić information content (AvgIpc) is 2.46. The zero-order valence-corrected chi connectivity index (χ0v) is 14.5. The summed E-state index contributed by atoms with van der Waals surface area (Å²) in [5, 5.41) is 6.42. The van der Waals surface area contributed by atoms with Crippen molar-refractivity contribution in [2.75, 3.05) is 5.32 Å². The molecule has 0 fully saturated rings. The van der Waals surface area contributed by atoms with Gasteiger partial charge in [-0.2, -0.15) is 13.2 Å². The Morgan fingerprint density at radius 1 is 1.04 bits per heavy atom. The Labute approximate surface area is 145 Å². The number of hydrogen-bond acceptors (Lipinski definition) is 1. The zero-order chi connectivity index (χ0) is 17.9. The molecule has 1 atom stereocenters. The van der Waals surface area contributed by atoms with Crippen LogP contribution < -0.4 is 10.6 Å². The molecule has 2 rings (SSSR count). The quantitative estimate of drug-likeness (QED) is 0.726. The van der Waals surface area contributed by atoms with Crippen molar-refractivity contribution in [1.82, 2.24) is 5.32 Å². The molecule has 0 heterocycles. The van der Waals surface area contributed by atoms with Gasteiger partial charge in [-0.15, -0.1) is 0 Å². The van der Waals surface area contributed by atoms with E-state index in [0.29, 0.717) is 10.8 Å². The molecule has 0 spiro atoms. The van der Waals surface area contributed by atoms with Crippen LogP contribution in [0, 0.1) is 13.8 Å². The van der Waals surface area contributed by atoms with Gasteiger partial charge in [0.15, 0.2) is 5.11 Å². The lowest BCUT2D eigenvalue weighted by Crippen LogP contribution is -2.31. The molecule has 128 valence electrons. The maximum absolute atomic E-state index is 12.5. The van der Waals surface area contributed by atoms with Gasteiger partial charge in [0.05, 0.1) is 11.6 Å². The van der Waals surface area contributed by atoms with Crippen molar-refractivity contribution in [1.29, 1.82) is 0 Å². The fourth-order valence-electron chi connectivity index (χ4n) is 2.50. The summed E-state index contributed by atoms with van der Waals surface area (Å²) in [4.78, 5) is 0. The van der Waals surface area contributed by atoms with Gasteiger partial charge in [0.25, 0.3) is 0 Å². The highest BCUT2D eigenvalue weighted by Crippen LogP contribution is 2.29. The molecular weight excluding hydrogens is 333 g/mol. The average molecular weight is 352 g/mol. The zero-order valence-electron chi connectivity index (χ0n) is 13.7. The summed E-state index contributed by atoms with van der Waals surface area (Å²) in [6, 6.07) is 10.9. The predicted octanol–water partition coefficient (Wildman–Crippen LogP) is 5.37. The van der Waals surface area contributed by atoms with Crippen molar-refractivity contribution < 1.29 is 13.2 Å². The normalized spacial score (nSPS) is 12.6. The van der Waals surface area contributed by atoms with Crippen LogP contribution >= 0.6 is 12.2 Å². The summed E-state index contributed by atoms with van der Waals surface area (Å²) in [6.45, 7) is 6.05. The molecule has 0 aliphatic rings. The minimum atomic E-state index is -4.34. The Kier molecular flexibility index (Phi) is 5.49. The lowest BCUT2D eigenvalue weighted by atomic mass is 10.0. The van der Waals surface area contributed by atoms with E-state index in [1.165, 1.54) is 17.7 Å². The summed E-state index contributed by atoms with van der Waals surface area (Å²) in [5.41, 5.74) is 3.29. The number of thiocarbonyl (C=S) groups is 1. The van der Waals surface area contributed by atoms with Crippen molar-refractivity contribution in [3.8, 4) is 0 Å². The summed E-state index contributed by atoms with van der Waals surface area (Å²) in [6.07, 6.45) is -4.34. The Balaban J connectivity index is 2.00. The number of alkyl halides is 3. The van der Waals surface area contributed by atoms with Crippen LogP contribution in [-0.4, -0.2) is 5.11 Å². The summed E-state index contributed by atoms with van der Waals surface area (Å²) < 4.78 is 37.6. The molecular formula is C18H19F3N2S. The fraction of sp³-hybridized carbons (Fsp3) is 0.278. The van der Waals surface area contributed by atoms with Gasteiger partial charge in [0, 0.05) is 5.69 Å². The Morgan fingerprint density at radius 2 is 1.67 bits per heavy atom. The molecule has 24 heavy (non-hydrogen) atoms. The van der Waals surface area contributed by atoms with E-state index < -0.39 is 11.7 Å². The number of aryl methyl sites for hydroxylation is 2. The number of benzene rings is 2. The molecule has 2 N–H and O–H groups in total. The van der Waals surface area contributed by atoms with Crippen molar-refractivity contribution in [2.24, 2.45) is 0 Å². The van der Waals surface area contributed by atoms with Crippen LogP contribution in [0.3, 0.4) is 0 Å². The van der Waals surface area contributed by atoms with Gasteiger partial charge in [-0.3, -0.25) is 0 Å². The maximum Gasteiger partial charge on any atom is 0.416 e. The Hall–Kier alpha value is -2.08. The second-order valence-electron chi connectivity index (χ2n) is 5.76. The smallest absolute Gasteiger partial charge is 0.356 e. The molecule has 2 nitrogen and oxygen atoms in total. The number of anilines is 1. The SMILES string of the molecule is Cc1ccc([C@@H](C)NC(=S)Nc2ccc(C(F)(F)F)cc2)c(C)c1. The summed E-state index contributed by atoms with van der Waals surface area (Å²) in [7, 11) is 0. The van der Waals surface area contributed by atoms with E-state index in [1.54, 1.807) is 0 Å². The minimum Gasteiger partial charge on any atom is -0.356 e. The minimum absolute atomic E-state index is 0.0138. The highest BCUT2D eigenvalue weighted by Gasteiger charge is 2.29. The van der Waals surface area contributed by atoms with Crippen LogP contribution in [0.1, 0.15) is 35.2 Å². The van der Waals surface area contributed by atoms with Crippen LogP contribution in [0.15, 0.2) is 42.5 Å². The van der Waals surface area contributed by atoms with Crippen molar-refractivity contribution in [3.05, 3.63) is 64.7 Å². The largest absolute Gasteiger partial charge is 0.416 e. The molecule has 0 bridgehead atoms. The summed E-state index contributed by atoms with van der Waals surface area (Å²) in [5.74, 6) is 0. The molecule has 0 saturated carbocycles. The van der Waals surface area contributed by atoms with E-state index >= 15 is 0 Å². The Morgan fingerprint density at radius 3 is 2.21 bits per heavy atom. The summed E-state index contributed by atoms with van der Waals surface area (Å²) >= 11 is 5.24. The third kappa shape index (κ3) is 4.71. The van der Waals surface area contributed by atoms with E-state index in [0.717, 1.165) is 23.3 Å². The highest BCUT2D eigenvalue weighted by molar-refractivity contribution is 7.80. The second-order valence-corrected chi connectivity index (χ2v) is 6.16. The molecule has 0 aromatic heterocycles. The lowest BCUT2D eigenvalue weighted by Gasteiger charge is -2.19. The Bertz CT molecular complexity index is 724. The first-order valence-electron chi connectivity index (χ1n) is 7.49. The van der Waals surface area contributed by atoms with E-state index in [4.69, 9.17) is 12.2 Å². The van der Waals surface area contributed by atoms with E-state index in [-0.39, 0.29) is 6.04 Å². The molecule has 2 aromatic carbocycles. The third-order valence-electron chi connectivity index (χ3n) is 3.71. The van der Waals surface area contributed by atoms with Gasteiger partial charge in [0.1, 0.15) is 0 Å². The van der Waals surface area contributed by atoms with Gasteiger partial charge in [-0.05, 0) is 68.4 Å². The number of rotatable bonds is 3. The van der Waals surface area contributed by atoms with Crippen molar-refractivity contribution >= 4 is 23.0 Å². The van der Waals surface area contributed by atoms with Gasteiger partial charge in [-0.1, -0.05) is 23.8 Å². The topological polar surface area (TPSA) is 24.1 Å². The number of nitrogens with one attached hydrogen (secondary N) is 2. The van der Waals surface area contributed by atoms with Crippen molar-refractivity contribution in [2.45, 2.75) is 33.0 Å². The highest BCUT2D eigenvalue weighted by atomic mass is 32.1. The molecule has 0 aliphatic carbocycles.